The van der Waals surface area contributed by atoms with E-state index in [0.717, 1.165) is 17.4 Å². The van der Waals surface area contributed by atoms with E-state index < -0.39 is 7.92 Å². The molecule has 2 heterocycles. The second-order valence-corrected chi connectivity index (χ2v) is 12.2. The molecule has 0 spiro atoms. The van der Waals surface area contributed by atoms with E-state index in [1.54, 1.807) is 7.11 Å². The highest BCUT2D eigenvalue weighted by Gasteiger charge is 2.53. The molecule has 2 aliphatic heterocycles. The topological polar surface area (TPSA) is 40.0 Å². The number of aliphatic imine (C=N–C) groups is 1. The molecule has 0 unspecified atom stereocenters. The molecule has 2 aromatic rings. The van der Waals surface area contributed by atoms with Crippen molar-refractivity contribution in [2.75, 3.05) is 13.7 Å². The molecular formula is C24H30NO3P. The molecule has 5 heteroatoms. The molecule has 0 aromatic heterocycles. The standard InChI is InChI=1S/C24H30NO3P/c1-23(2,3)29-20-18(26-6)13-10-14-19(20)28-22(29)24(4,5)21-25-17(15-27-21)16-11-8-7-9-12-16/h7-14,17,22H,15H2,1-6H3/t17-,22-,29-/m0/s1. The summed E-state index contributed by atoms with van der Waals surface area (Å²) in [5.74, 6) is 2.61. The summed E-state index contributed by atoms with van der Waals surface area (Å²) in [6.07, 6.45) is 0. The molecule has 4 nitrogen and oxygen atoms in total. The van der Waals surface area contributed by atoms with Crippen molar-refractivity contribution < 1.29 is 14.2 Å². The van der Waals surface area contributed by atoms with Crippen molar-refractivity contribution in [3.63, 3.8) is 0 Å². The number of methoxy groups -OCH3 is 1. The quantitative estimate of drug-likeness (QED) is 0.623. The van der Waals surface area contributed by atoms with Crippen LogP contribution in [0.1, 0.15) is 46.2 Å². The van der Waals surface area contributed by atoms with E-state index in [4.69, 9.17) is 19.2 Å². The van der Waals surface area contributed by atoms with Crippen LogP contribution >= 0.6 is 7.92 Å². The zero-order valence-corrected chi connectivity index (χ0v) is 19.0. The van der Waals surface area contributed by atoms with Gasteiger partial charge in [-0.3, -0.25) is 0 Å². The third-order valence-corrected chi connectivity index (χ3v) is 9.21. The van der Waals surface area contributed by atoms with E-state index in [1.807, 2.05) is 18.2 Å². The Kier molecular flexibility index (Phi) is 5.11. The van der Waals surface area contributed by atoms with Gasteiger partial charge in [0.25, 0.3) is 0 Å². The smallest absolute Gasteiger partial charge is 0.194 e. The summed E-state index contributed by atoms with van der Waals surface area (Å²) in [7, 11) is 1.06. The summed E-state index contributed by atoms with van der Waals surface area (Å²) in [6.45, 7) is 11.8. The van der Waals surface area contributed by atoms with Gasteiger partial charge in [-0.2, -0.15) is 0 Å². The Hall–Kier alpha value is -2.06. The summed E-state index contributed by atoms with van der Waals surface area (Å²) in [5, 5.41) is 1.27. The fraction of sp³-hybridized carbons (Fsp3) is 0.458. The maximum atomic E-state index is 6.59. The van der Waals surface area contributed by atoms with Crippen LogP contribution in [0.4, 0.5) is 0 Å². The molecule has 0 N–H and O–H groups in total. The van der Waals surface area contributed by atoms with Crippen LogP contribution in [0.15, 0.2) is 53.5 Å². The van der Waals surface area contributed by atoms with Gasteiger partial charge in [0.1, 0.15) is 30.0 Å². The first kappa shape index (κ1) is 20.2. The lowest BCUT2D eigenvalue weighted by Gasteiger charge is -2.39. The second kappa shape index (κ2) is 7.32. The Bertz CT molecular complexity index is 917. The van der Waals surface area contributed by atoms with Crippen molar-refractivity contribution >= 4 is 19.1 Å². The molecule has 0 aliphatic carbocycles. The molecule has 0 amide bonds. The number of hydrogen-bond donors (Lipinski definition) is 0. The normalized spacial score (nSPS) is 23.8. The van der Waals surface area contributed by atoms with E-state index in [2.05, 4.69) is 65.0 Å². The average Bonchev–Trinajstić information content (AvgIpc) is 3.34. The van der Waals surface area contributed by atoms with Gasteiger partial charge in [-0.05, 0) is 44.6 Å². The second-order valence-electron chi connectivity index (χ2n) is 9.21. The van der Waals surface area contributed by atoms with Crippen molar-refractivity contribution in [2.24, 2.45) is 10.4 Å². The number of rotatable bonds is 4. The van der Waals surface area contributed by atoms with E-state index in [0.29, 0.717) is 6.61 Å². The first-order valence-corrected chi connectivity index (χ1v) is 11.5. The van der Waals surface area contributed by atoms with Gasteiger partial charge in [-0.25, -0.2) is 4.99 Å². The monoisotopic (exact) mass is 411 g/mol. The number of fused-ring (bicyclic) bond motifs is 1. The maximum absolute atomic E-state index is 6.59. The van der Waals surface area contributed by atoms with Gasteiger partial charge in [-0.15, -0.1) is 0 Å². The highest BCUT2D eigenvalue weighted by Crippen LogP contribution is 2.64. The van der Waals surface area contributed by atoms with Crippen LogP contribution in [0, 0.1) is 5.41 Å². The molecule has 3 atom stereocenters. The summed E-state index contributed by atoms with van der Waals surface area (Å²) in [6, 6.07) is 16.5. The number of benzene rings is 2. The van der Waals surface area contributed by atoms with Gasteiger partial charge in [0.05, 0.1) is 17.8 Å². The zero-order chi connectivity index (χ0) is 20.8. The molecule has 2 aromatic carbocycles. The lowest BCUT2D eigenvalue weighted by molar-refractivity contribution is 0.173. The fourth-order valence-corrected chi connectivity index (χ4v) is 7.48. The van der Waals surface area contributed by atoms with Gasteiger partial charge >= 0.3 is 0 Å². The number of hydrogen-bond acceptors (Lipinski definition) is 4. The van der Waals surface area contributed by atoms with Crippen LogP contribution in [0.25, 0.3) is 0 Å². The molecule has 29 heavy (non-hydrogen) atoms. The van der Waals surface area contributed by atoms with Crippen molar-refractivity contribution in [3.05, 3.63) is 54.1 Å². The predicted molar refractivity (Wildman–Crippen MR) is 120 cm³/mol. The molecular weight excluding hydrogens is 381 g/mol. The third kappa shape index (κ3) is 3.53. The van der Waals surface area contributed by atoms with Crippen LogP contribution in [-0.2, 0) is 4.74 Å². The van der Waals surface area contributed by atoms with Gasteiger partial charge in [0.15, 0.2) is 5.90 Å². The SMILES string of the molecule is COc1cccc2c1[P@](C(C)(C)C)[C@@H](C(C)(C)C1=N[C@H](c3ccccc3)CO1)O2. The molecule has 0 saturated carbocycles. The van der Waals surface area contributed by atoms with E-state index >= 15 is 0 Å². The van der Waals surface area contributed by atoms with E-state index in [-0.39, 0.29) is 22.5 Å². The van der Waals surface area contributed by atoms with Gasteiger partial charge < -0.3 is 14.2 Å². The van der Waals surface area contributed by atoms with Crippen molar-refractivity contribution in [1.29, 1.82) is 0 Å². The minimum Gasteiger partial charge on any atom is -0.496 e. The molecule has 2 aliphatic rings. The Morgan fingerprint density at radius 3 is 2.38 bits per heavy atom. The van der Waals surface area contributed by atoms with Gasteiger partial charge in [0.2, 0.25) is 0 Å². The molecule has 0 radical (unpaired) electrons. The highest BCUT2D eigenvalue weighted by atomic mass is 31.1. The molecule has 4 rings (SSSR count). The fourth-order valence-electron chi connectivity index (χ4n) is 4.12. The summed E-state index contributed by atoms with van der Waals surface area (Å²) in [5.41, 5.74) is 0.834. The van der Waals surface area contributed by atoms with Crippen molar-refractivity contribution in [2.45, 2.75) is 51.7 Å². The van der Waals surface area contributed by atoms with E-state index in [9.17, 15) is 0 Å². The van der Waals surface area contributed by atoms with Crippen LogP contribution in [0.2, 0.25) is 0 Å². The lowest BCUT2D eigenvalue weighted by Crippen LogP contribution is -2.41. The number of nitrogens with zero attached hydrogens (tertiary/aromatic N) is 1. The average molecular weight is 411 g/mol. The van der Waals surface area contributed by atoms with Gasteiger partial charge in [-0.1, -0.05) is 57.2 Å². The summed E-state index contributed by atoms with van der Waals surface area (Å²) >= 11 is 0. The zero-order valence-electron chi connectivity index (χ0n) is 18.1. The highest BCUT2D eigenvalue weighted by molar-refractivity contribution is 7.68. The summed E-state index contributed by atoms with van der Waals surface area (Å²) < 4.78 is 18.5. The van der Waals surface area contributed by atoms with Crippen LogP contribution in [0.5, 0.6) is 11.5 Å². The van der Waals surface area contributed by atoms with Crippen LogP contribution in [-0.4, -0.2) is 30.6 Å². The van der Waals surface area contributed by atoms with Gasteiger partial charge in [0, 0.05) is 0 Å². The molecule has 154 valence electrons. The van der Waals surface area contributed by atoms with Crippen LogP contribution in [0.3, 0.4) is 0 Å². The molecule has 0 bridgehead atoms. The lowest BCUT2D eigenvalue weighted by atomic mass is 9.94. The maximum Gasteiger partial charge on any atom is 0.194 e. The Morgan fingerprint density at radius 2 is 1.72 bits per heavy atom. The first-order valence-electron chi connectivity index (χ1n) is 10.1. The molecule has 0 saturated heterocycles. The Balaban J connectivity index is 1.71. The predicted octanol–water partition coefficient (Wildman–Crippen LogP) is 5.52. The van der Waals surface area contributed by atoms with E-state index in [1.165, 1.54) is 10.9 Å². The van der Waals surface area contributed by atoms with Crippen molar-refractivity contribution in [1.82, 2.24) is 0 Å². The van der Waals surface area contributed by atoms with Crippen molar-refractivity contribution in [3.8, 4) is 11.5 Å². The Labute approximate surface area is 175 Å². The first-order chi connectivity index (χ1) is 13.7. The summed E-state index contributed by atoms with van der Waals surface area (Å²) in [4.78, 5) is 4.99. The molecule has 0 fully saturated rings. The minimum absolute atomic E-state index is 0.0305. The number of ether oxygens (including phenoxy) is 3. The largest absolute Gasteiger partial charge is 0.496 e. The minimum atomic E-state index is -0.673. The Morgan fingerprint density at radius 1 is 1.00 bits per heavy atom. The third-order valence-electron chi connectivity index (χ3n) is 5.62. The van der Waals surface area contributed by atoms with Crippen LogP contribution < -0.4 is 14.8 Å².